The molecule has 0 bridgehead atoms. The molecule has 0 fully saturated rings. The van der Waals surface area contributed by atoms with E-state index in [2.05, 4.69) is 13.8 Å². The van der Waals surface area contributed by atoms with E-state index in [-0.39, 0.29) is 0 Å². The van der Waals surface area contributed by atoms with Crippen molar-refractivity contribution in [2.45, 2.75) is 27.2 Å². The Kier molecular flexibility index (Phi) is 4.28. The van der Waals surface area contributed by atoms with E-state index in [0.29, 0.717) is 5.92 Å². The van der Waals surface area contributed by atoms with Crippen LogP contribution in [-0.2, 0) is 4.57 Å². The minimum Gasteiger partial charge on any atom is -0.324 e. The summed E-state index contributed by atoms with van der Waals surface area (Å²) in [6.45, 7) is 8.26. The van der Waals surface area contributed by atoms with Gasteiger partial charge in [0.05, 0.1) is 7.14 Å². The Hall–Kier alpha value is 0.230. The summed E-state index contributed by atoms with van der Waals surface area (Å²) in [5, 5.41) is 0. The Bertz CT molecular complexity index is 131. The maximum absolute atomic E-state index is 11.6. The van der Waals surface area contributed by atoms with E-state index in [1.165, 1.54) is 0 Å². The average Bonchev–Trinajstić information content (AvgIpc) is 1.87. The molecule has 0 heterocycles. The van der Waals surface area contributed by atoms with Crippen LogP contribution in [0.5, 0.6) is 0 Å². The molecule has 2 heteroatoms. The van der Waals surface area contributed by atoms with Gasteiger partial charge in [-0.1, -0.05) is 27.2 Å². The minimum absolute atomic E-state index is 0.635. The van der Waals surface area contributed by atoms with Gasteiger partial charge in [-0.25, -0.2) is 0 Å². The summed E-state index contributed by atoms with van der Waals surface area (Å²) >= 11 is 0. The maximum atomic E-state index is 11.6. The van der Waals surface area contributed by atoms with Crippen molar-refractivity contribution < 1.29 is 4.57 Å². The largest absolute Gasteiger partial charge is 0.324 e. The van der Waals surface area contributed by atoms with E-state index in [0.717, 1.165) is 18.7 Å². The molecule has 0 N–H and O–H groups in total. The molecule has 0 radical (unpaired) electrons. The fourth-order valence-corrected chi connectivity index (χ4v) is 2.75. The highest BCUT2D eigenvalue weighted by Gasteiger charge is 2.14. The van der Waals surface area contributed by atoms with Gasteiger partial charge in [0.2, 0.25) is 0 Å². The molecule has 0 aromatic heterocycles. The fourth-order valence-electron chi connectivity index (χ4n) is 0.917. The molecule has 0 aliphatic carbocycles. The second kappa shape index (κ2) is 4.18. The van der Waals surface area contributed by atoms with Gasteiger partial charge in [-0.05, 0) is 18.7 Å². The van der Waals surface area contributed by atoms with E-state index in [9.17, 15) is 4.57 Å². The van der Waals surface area contributed by atoms with E-state index in [1.54, 1.807) is 0 Å². The summed E-state index contributed by atoms with van der Waals surface area (Å²) in [6, 6.07) is 0. The normalized spacial score (nSPS) is 20.0. The lowest BCUT2D eigenvalue weighted by molar-refractivity contribution is 0.558. The van der Waals surface area contributed by atoms with E-state index in [1.807, 2.05) is 13.6 Å². The minimum atomic E-state index is -1.75. The molecule has 62 valence electrons. The van der Waals surface area contributed by atoms with Gasteiger partial charge in [-0.15, -0.1) is 0 Å². The molecule has 0 aliphatic heterocycles. The van der Waals surface area contributed by atoms with Crippen molar-refractivity contribution in [3.63, 3.8) is 0 Å². The second-order valence-corrected chi connectivity index (χ2v) is 6.90. The Morgan fingerprint density at radius 2 is 1.90 bits per heavy atom. The van der Waals surface area contributed by atoms with Crippen LogP contribution in [0.25, 0.3) is 0 Å². The fraction of sp³-hybridized carbons (Fsp3) is 1.00. The van der Waals surface area contributed by atoms with Crippen molar-refractivity contribution in [1.82, 2.24) is 0 Å². The van der Waals surface area contributed by atoms with Crippen LogP contribution in [0.1, 0.15) is 27.2 Å². The number of rotatable bonds is 4. The van der Waals surface area contributed by atoms with Crippen LogP contribution in [0.2, 0.25) is 0 Å². The van der Waals surface area contributed by atoms with E-state index < -0.39 is 7.14 Å². The average molecular weight is 162 g/mol. The Labute approximate surface area is 64.6 Å². The Morgan fingerprint density at radius 1 is 1.40 bits per heavy atom. The first-order valence-corrected chi connectivity index (χ1v) is 6.59. The van der Waals surface area contributed by atoms with Gasteiger partial charge in [-0.3, -0.25) is 0 Å². The monoisotopic (exact) mass is 162 g/mol. The predicted octanol–water partition coefficient (Wildman–Crippen LogP) is 3.05. The van der Waals surface area contributed by atoms with Crippen LogP contribution in [0.4, 0.5) is 0 Å². The molecular weight excluding hydrogens is 143 g/mol. The van der Waals surface area contributed by atoms with Crippen LogP contribution in [0.15, 0.2) is 0 Å². The third-order valence-electron chi connectivity index (χ3n) is 2.06. The first-order chi connectivity index (χ1) is 4.52. The molecule has 0 aromatic rings. The summed E-state index contributed by atoms with van der Waals surface area (Å²) in [4.78, 5) is 0. The zero-order valence-electron chi connectivity index (χ0n) is 7.55. The predicted molar refractivity (Wildman–Crippen MR) is 48.4 cm³/mol. The lowest BCUT2D eigenvalue weighted by Gasteiger charge is -2.14. The van der Waals surface area contributed by atoms with Crippen molar-refractivity contribution in [1.29, 1.82) is 0 Å². The first-order valence-electron chi connectivity index (χ1n) is 4.07. The smallest absolute Gasteiger partial charge is 0.0848 e. The van der Waals surface area contributed by atoms with E-state index in [4.69, 9.17) is 0 Å². The molecular formula is C8H19OP. The summed E-state index contributed by atoms with van der Waals surface area (Å²) in [7, 11) is -1.75. The summed E-state index contributed by atoms with van der Waals surface area (Å²) in [6.07, 6.45) is 2.94. The Morgan fingerprint density at radius 3 is 2.20 bits per heavy atom. The van der Waals surface area contributed by atoms with Crippen molar-refractivity contribution in [2.24, 2.45) is 5.92 Å². The molecule has 0 rings (SSSR count). The molecule has 0 saturated carbocycles. The lowest BCUT2D eigenvalue weighted by Crippen LogP contribution is -2.01. The molecule has 10 heavy (non-hydrogen) atoms. The van der Waals surface area contributed by atoms with Crippen LogP contribution < -0.4 is 0 Å². The standard InChI is InChI=1S/C8H19OP/c1-5-8(3)7-10(4,9)6-2/h8H,5-7H2,1-4H3. The van der Waals surface area contributed by atoms with Crippen molar-refractivity contribution >= 4 is 7.14 Å². The molecule has 0 aromatic carbocycles. The molecule has 2 unspecified atom stereocenters. The quantitative estimate of drug-likeness (QED) is 0.580. The van der Waals surface area contributed by atoms with Gasteiger partial charge in [0, 0.05) is 6.16 Å². The summed E-state index contributed by atoms with van der Waals surface area (Å²) < 4.78 is 11.6. The molecule has 0 amide bonds. The topological polar surface area (TPSA) is 17.1 Å². The summed E-state index contributed by atoms with van der Waals surface area (Å²) in [5.74, 6) is 0.635. The number of hydrogen-bond acceptors (Lipinski definition) is 1. The Balaban J connectivity index is 3.77. The van der Waals surface area contributed by atoms with Gasteiger partial charge < -0.3 is 4.57 Å². The SMILES string of the molecule is CCC(C)CP(C)(=O)CC. The molecule has 0 aliphatic rings. The van der Waals surface area contributed by atoms with Gasteiger partial charge in [0.25, 0.3) is 0 Å². The molecule has 1 nitrogen and oxygen atoms in total. The highest BCUT2D eigenvalue weighted by atomic mass is 31.2. The number of hydrogen-bond donors (Lipinski definition) is 0. The van der Waals surface area contributed by atoms with Gasteiger partial charge >= 0.3 is 0 Å². The first kappa shape index (κ1) is 10.2. The van der Waals surface area contributed by atoms with E-state index >= 15 is 0 Å². The molecule has 0 saturated heterocycles. The molecule has 0 spiro atoms. The van der Waals surface area contributed by atoms with Crippen LogP contribution in [-0.4, -0.2) is 19.0 Å². The van der Waals surface area contributed by atoms with Crippen molar-refractivity contribution in [2.75, 3.05) is 19.0 Å². The van der Waals surface area contributed by atoms with Crippen LogP contribution >= 0.6 is 7.14 Å². The van der Waals surface area contributed by atoms with Gasteiger partial charge in [0.1, 0.15) is 0 Å². The maximum Gasteiger partial charge on any atom is 0.0848 e. The van der Waals surface area contributed by atoms with Crippen LogP contribution in [0, 0.1) is 5.92 Å². The molecule has 2 atom stereocenters. The highest BCUT2D eigenvalue weighted by Crippen LogP contribution is 2.42. The summed E-state index contributed by atoms with van der Waals surface area (Å²) in [5.41, 5.74) is 0. The third-order valence-corrected chi connectivity index (χ3v) is 4.80. The zero-order chi connectivity index (χ0) is 8.20. The van der Waals surface area contributed by atoms with Crippen molar-refractivity contribution in [3.8, 4) is 0 Å². The highest BCUT2D eigenvalue weighted by molar-refractivity contribution is 7.63. The van der Waals surface area contributed by atoms with Crippen LogP contribution in [0.3, 0.4) is 0 Å². The van der Waals surface area contributed by atoms with Crippen molar-refractivity contribution in [3.05, 3.63) is 0 Å². The van der Waals surface area contributed by atoms with Gasteiger partial charge in [-0.2, -0.15) is 0 Å². The second-order valence-electron chi connectivity index (χ2n) is 3.31. The lowest BCUT2D eigenvalue weighted by atomic mass is 10.2. The van der Waals surface area contributed by atoms with Gasteiger partial charge in [0.15, 0.2) is 0 Å². The zero-order valence-corrected chi connectivity index (χ0v) is 8.45. The third kappa shape index (κ3) is 4.11.